The van der Waals surface area contributed by atoms with Crippen LogP contribution in [0.3, 0.4) is 0 Å². The molecule has 0 aliphatic carbocycles. The molecule has 0 heterocycles. The van der Waals surface area contributed by atoms with Gasteiger partial charge in [-0.05, 0) is 33.6 Å². The van der Waals surface area contributed by atoms with E-state index in [1.807, 2.05) is 0 Å². The standard InChI is InChI=1S/C24H38O10S2.C16H34O7/c1-23(2,21(30)31)14-24(3,22(32)33-4)15-36-11-9-19(27)7-5-6-18(26)8-10-35-13-17(20(28)29)12-34-16-25;1-17-7-15(8-18-2,9-19-3)13-23-14-16(10-20-4,11-21-5)12-22-6/h16-17H,5-15H2,1-4H3,(H,28,29)(H,30,31);7-14H2,1-6H3. The van der Waals surface area contributed by atoms with Gasteiger partial charge in [-0.3, -0.25) is 28.8 Å². The number of hydrogen-bond acceptors (Lipinski definition) is 17. The molecule has 0 radical (unpaired) electrons. The largest absolute Gasteiger partial charge is 0.481 e. The Kier molecular flexibility index (Phi) is 33.1. The predicted molar refractivity (Wildman–Crippen MR) is 224 cm³/mol. The third-order valence-electron chi connectivity index (χ3n) is 9.02. The van der Waals surface area contributed by atoms with Crippen molar-refractivity contribution in [1.82, 2.24) is 0 Å². The molecule has 19 heteroatoms. The summed E-state index contributed by atoms with van der Waals surface area (Å²) in [5.74, 6) is -1.89. The van der Waals surface area contributed by atoms with E-state index in [2.05, 4.69) is 4.74 Å². The number of carboxylic acids is 2. The average Bonchev–Trinajstić information content (AvgIpc) is 3.16. The maximum atomic E-state index is 12.3. The smallest absolute Gasteiger partial charge is 0.312 e. The molecule has 0 fully saturated rings. The van der Waals surface area contributed by atoms with Crippen LogP contribution in [0.4, 0.5) is 0 Å². The second kappa shape index (κ2) is 33.3. The van der Waals surface area contributed by atoms with Crippen LogP contribution in [0.25, 0.3) is 0 Å². The SMILES string of the molecule is COC(=O)C(C)(CSCCC(=O)CCCC(=O)CCSCC(COC=O)C(=O)O)CC(C)(C)C(=O)O.COCC(COC)(COC)COCC(COC)(COC)COC. The number of rotatable bonds is 38. The van der Waals surface area contributed by atoms with Crippen molar-refractivity contribution in [3.63, 3.8) is 0 Å². The van der Waals surface area contributed by atoms with Gasteiger partial charge in [0.1, 0.15) is 18.2 Å². The summed E-state index contributed by atoms with van der Waals surface area (Å²) in [7, 11) is 11.2. The van der Waals surface area contributed by atoms with E-state index in [-0.39, 0.29) is 73.3 Å². The molecule has 0 bridgehead atoms. The first-order chi connectivity index (χ1) is 27.9. The Bertz CT molecular complexity index is 1140. The molecule has 0 aromatic rings. The molecule has 346 valence electrons. The molecule has 0 aromatic heterocycles. The third-order valence-corrected chi connectivity index (χ3v) is 11.5. The summed E-state index contributed by atoms with van der Waals surface area (Å²) in [6.45, 7) is 8.59. The Balaban J connectivity index is 0. The summed E-state index contributed by atoms with van der Waals surface area (Å²) in [5, 5.41) is 18.4. The van der Waals surface area contributed by atoms with E-state index in [0.29, 0.717) is 76.5 Å². The molecule has 59 heavy (non-hydrogen) atoms. The number of hydrogen-bond donors (Lipinski definition) is 2. The van der Waals surface area contributed by atoms with Gasteiger partial charge in [0.2, 0.25) is 0 Å². The zero-order valence-electron chi connectivity index (χ0n) is 36.9. The van der Waals surface area contributed by atoms with Crippen LogP contribution in [-0.4, -0.2) is 178 Å². The van der Waals surface area contributed by atoms with E-state index in [1.54, 1.807) is 63.4 Å². The first-order valence-corrected chi connectivity index (χ1v) is 21.5. The van der Waals surface area contributed by atoms with Crippen LogP contribution in [-0.2, 0) is 71.4 Å². The van der Waals surface area contributed by atoms with E-state index >= 15 is 0 Å². The number of methoxy groups -OCH3 is 7. The van der Waals surface area contributed by atoms with Crippen molar-refractivity contribution in [3.05, 3.63) is 0 Å². The summed E-state index contributed by atoms with van der Waals surface area (Å²) in [6, 6.07) is 0. The van der Waals surface area contributed by atoms with Gasteiger partial charge in [-0.1, -0.05) is 0 Å². The molecule has 0 saturated heterocycles. The number of carbonyl (C=O) groups is 6. The Morgan fingerprint density at radius 1 is 0.627 bits per heavy atom. The van der Waals surface area contributed by atoms with Crippen LogP contribution < -0.4 is 0 Å². The quantitative estimate of drug-likeness (QED) is 0.0508. The second-order valence-electron chi connectivity index (χ2n) is 15.5. The van der Waals surface area contributed by atoms with Crippen LogP contribution in [0.5, 0.6) is 0 Å². The summed E-state index contributed by atoms with van der Waals surface area (Å²) in [6.07, 6.45) is 1.63. The number of ether oxygens (including phenoxy) is 9. The van der Waals surface area contributed by atoms with E-state index in [9.17, 15) is 33.9 Å². The molecule has 17 nitrogen and oxygen atoms in total. The lowest BCUT2D eigenvalue weighted by Gasteiger charge is -2.35. The Morgan fingerprint density at radius 2 is 1.05 bits per heavy atom. The lowest BCUT2D eigenvalue weighted by Crippen LogP contribution is -2.45. The van der Waals surface area contributed by atoms with Crippen LogP contribution in [0.15, 0.2) is 0 Å². The van der Waals surface area contributed by atoms with Gasteiger partial charge in [-0.25, -0.2) is 0 Å². The fourth-order valence-corrected chi connectivity index (χ4v) is 8.52. The molecule has 2 unspecified atom stereocenters. The van der Waals surface area contributed by atoms with Crippen LogP contribution in [0.1, 0.15) is 59.3 Å². The van der Waals surface area contributed by atoms with Crippen molar-refractivity contribution < 1.29 is 81.6 Å². The molecular formula is C40H72O17S2. The minimum atomic E-state index is -1.10. The number of Topliss-reactive ketones (excluding diaryl/α,β-unsaturated/α-hetero) is 2. The molecule has 0 saturated carbocycles. The van der Waals surface area contributed by atoms with Gasteiger partial charge in [-0.2, -0.15) is 23.5 Å². The normalized spacial score (nSPS) is 13.4. The number of carboxylic acid groups (broad SMARTS) is 2. The van der Waals surface area contributed by atoms with Crippen molar-refractivity contribution in [2.45, 2.75) is 59.3 Å². The van der Waals surface area contributed by atoms with E-state index in [1.165, 1.54) is 30.6 Å². The topological polar surface area (TPSA) is 226 Å². The summed E-state index contributed by atoms with van der Waals surface area (Å²) in [5.41, 5.74) is -2.80. The van der Waals surface area contributed by atoms with Gasteiger partial charge < -0.3 is 52.8 Å². The summed E-state index contributed by atoms with van der Waals surface area (Å²) < 4.78 is 47.3. The molecule has 0 rings (SSSR count). The van der Waals surface area contributed by atoms with Crippen molar-refractivity contribution in [3.8, 4) is 0 Å². The Labute approximate surface area is 359 Å². The number of carbonyl (C=O) groups excluding carboxylic acids is 4. The highest BCUT2D eigenvalue weighted by molar-refractivity contribution is 7.99. The Morgan fingerprint density at radius 3 is 1.41 bits per heavy atom. The Hall–Kier alpha value is -2.36. The number of thioether (sulfide) groups is 2. The van der Waals surface area contributed by atoms with Gasteiger partial charge >= 0.3 is 17.9 Å². The summed E-state index contributed by atoms with van der Waals surface area (Å²) in [4.78, 5) is 69.2. The third kappa shape index (κ3) is 25.9. The van der Waals surface area contributed by atoms with Gasteiger partial charge in [-0.15, -0.1) is 0 Å². The lowest BCUT2D eigenvalue weighted by molar-refractivity contribution is -0.156. The molecule has 0 amide bonds. The minimum Gasteiger partial charge on any atom is -0.481 e. The molecular weight excluding hydrogens is 817 g/mol. The molecule has 0 spiro atoms. The van der Waals surface area contributed by atoms with Gasteiger partial charge in [0.15, 0.2) is 0 Å². The van der Waals surface area contributed by atoms with Crippen LogP contribution in [0, 0.1) is 27.6 Å². The van der Waals surface area contributed by atoms with Crippen LogP contribution >= 0.6 is 23.5 Å². The first-order valence-electron chi connectivity index (χ1n) is 19.2. The number of aliphatic carboxylic acids is 2. The van der Waals surface area contributed by atoms with E-state index in [0.717, 1.165) is 0 Å². The first kappa shape index (κ1) is 58.7. The fraction of sp³-hybridized carbons (Fsp3) is 0.850. The van der Waals surface area contributed by atoms with Crippen molar-refractivity contribution in [2.24, 2.45) is 27.6 Å². The molecule has 0 aromatic carbocycles. The number of esters is 1. The molecule has 0 aliphatic heterocycles. The van der Waals surface area contributed by atoms with Crippen molar-refractivity contribution in [2.75, 3.05) is 132 Å². The summed E-state index contributed by atoms with van der Waals surface area (Å²) >= 11 is 2.69. The van der Waals surface area contributed by atoms with E-state index in [4.69, 9.17) is 43.0 Å². The second-order valence-corrected chi connectivity index (χ2v) is 17.8. The highest BCUT2D eigenvalue weighted by Gasteiger charge is 2.43. The zero-order chi connectivity index (χ0) is 45.4. The van der Waals surface area contributed by atoms with Gasteiger partial charge in [0.05, 0.1) is 87.5 Å². The maximum absolute atomic E-state index is 12.3. The highest BCUT2D eigenvalue weighted by Crippen LogP contribution is 2.38. The highest BCUT2D eigenvalue weighted by atomic mass is 32.2. The lowest BCUT2D eigenvalue weighted by atomic mass is 9.75. The fourth-order valence-electron chi connectivity index (χ4n) is 6.27. The molecule has 2 N–H and O–H groups in total. The molecule has 2 atom stereocenters. The number of ketones is 2. The minimum absolute atomic E-state index is 0.00409. The monoisotopic (exact) mass is 888 g/mol. The zero-order valence-corrected chi connectivity index (χ0v) is 38.6. The van der Waals surface area contributed by atoms with Crippen molar-refractivity contribution in [1.29, 1.82) is 0 Å². The van der Waals surface area contributed by atoms with Crippen LogP contribution in [0.2, 0.25) is 0 Å². The predicted octanol–water partition coefficient (Wildman–Crippen LogP) is 3.95. The van der Waals surface area contributed by atoms with Gasteiger partial charge in [0.25, 0.3) is 6.47 Å². The van der Waals surface area contributed by atoms with E-state index < -0.39 is 34.7 Å². The maximum Gasteiger partial charge on any atom is 0.312 e. The average molecular weight is 889 g/mol. The van der Waals surface area contributed by atoms with Crippen molar-refractivity contribution >= 4 is 59.5 Å². The molecule has 0 aliphatic rings. The van der Waals surface area contributed by atoms with Gasteiger partial charge in [0, 0.05) is 91.4 Å².